The monoisotopic (exact) mass is 279 g/mol. The summed E-state index contributed by atoms with van der Waals surface area (Å²) in [6.07, 6.45) is -2.62. The maximum absolute atomic E-state index is 13.4. The lowest BCUT2D eigenvalue weighted by Gasteiger charge is -2.16. The molecule has 0 aromatic heterocycles. The zero-order valence-electron chi connectivity index (χ0n) is 9.44. The number of hydrogen-bond donors (Lipinski definition) is 0. The highest BCUT2D eigenvalue weighted by Crippen LogP contribution is 2.31. The molecule has 0 aliphatic carbocycles. The molecule has 0 radical (unpaired) electrons. The van der Waals surface area contributed by atoms with Gasteiger partial charge in [0, 0.05) is 6.92 Å². The highest BCUT2D eigenvalue weighted by Gasteiger charge is 2.31. The Kier molecular flexibility index (Phi) is 4.43. The lowest BCUT2D eigenvalue weighted by molar-refractivity contribution is -0.146. The highest BCUT2D eigenvalue weighted by molar-refractivity contribution is 5.66. The number of nitrogens with zero attached hydrogens (tertiary/aromatic N) is 1. The zero-order chi connectivity index (χ0) is 14.7. The van der Waals surface area contributed by atoms with E-state index in [1.54, 1.807) is 0 Å². The van der Waals surface area contributed by atoms with E-state index in [9.17, 15) is 26.7 Å². The zero-order valence-corrected chi connectivity index (χ0v) is 9.44. The fourth-order valence-electron chi connectivity index (χ4n) is 1.39. The normalized spacial score (nSPS) is 11.8. The quantitative estimate of drug-likeness (QED) is 0.370. The van der Waals surface area contributed by atoms with Gasteiger partial charge in [-0.2, -0.15) is 5.26 Å². The third-order valence-corrected chi connectivity index (χ3v) is 2.15. The molecular weight excluding hydrogens is 273 g/mol. The molecule has 1 aromatic carbocycles. The van der Waals surface area contributed by atoms with Gasteiger partial charge in [-0.05, 0) is 0 Å². The maximum atomic E-state index is 13.4. The Morgan fingerprint density at radius 2 is 1.53 bits per heavy atom. The molecule has 0 fully saturated rings. The Morgan fingerprint density at radius 1 is 1.11 bits per heavy atom. The molecule has 1 atom stereocenters. The number of halogens is 5. The van der Waals surface area contributed by atoms with Gasteiger partial charge in [0.05, 0.1) is 18.1 Å². The summed E-state index contributed by atoms with van der Waals surface area (Å²) in [6.45, 7) is 0.871. The third kappa shape index (κ3) is 2.81. The van der Waals surface area contributed by atoms with Crippen molar-refractivity contribution in [2.45, 2.75) is 19.4 Å². The van der Waals surface area contributed by atoms with Crippen molar-refractivity contribution in [2.24, 2.45) is 0 Å². The van der Waals surface area contributed by atoms with Crippen molar-refractivity contribution >= 4 is 5.97 Å². The van der Waals surface area contributed by atoms with Gasteiger partial charge < -0.3 is 4.74 Å². The van der Waals surface area contributed by atoms with E-state index in [4.69, 9.17) is 5.26 Å². The average molecular weight is 279 g/mol. The van der Waals surface area contributed by atoms with Crippen LogP contribution in [0.4, 0.5) is 22.0 Å². The molecule has 0 bridgehead atoms. The standard InChI is InChI=1S/C11H6F5NO2/c1-4(18)19-5(2-3-17)6-7(12)9(14)11(16)10(15)8(6)13/h5H,2H2,1H3/t5-/m1/s1. The van der Waals surface area contributed by atoms with Crippen molar-refractivity contribution in [2.75, 3.05) is 0 Å². The van der Waals surface area contributed by atoms with Gasteiger partial charge in [0.2, 0.25) is 5.82 Å². The molecule has 1 rings (SSSR count). The van der Waals surface area contributed by atoms with Crippen LogP contribution in [0.2, 0.25) is 0 Å². The van der Waals surface area contributed by atoms with Crippen LogP contribution in [0.5, 0.6) is 0 Å². The van der Waals surface area contributed by atoms with Crippen LogP contribution >= 0.6 is 0 Å². The first-order valence-electron chi connectivity index (χ1n) is 4.86. The topological polar surface area (TPSA) is 50.1 Å². The van der Waals surface area contributed by atoms with Gasteiger partial charge in [0.25, 0.3) is 0 Å². The van der Waals surface area contributed by atoms with E-state index in [-0.39, 0.29) is 0 Å². The molecule has 0 saturated carbocycles. The predicted molar refractivity (Wildman–Crippen MR) is 51.0 cm³/mol. The van der Waals surface area contributed by atoms with Crippen molar-refractivity contribution in [3.05, 3.63) is 34.6 Å². The van der Waals surface area contributed by atoms with Crippen LogP contribution in [0, 0.1) is 40.4 Å². The average Bonchev–Trinajstić information content (AvgIpc) is 2.34. The molecule has 0 heterocycles. The molecule has 1 aromatic rings. The minimum Gasteiger partial charge on any atom is -0.456 e. The predicted octanol–water partition coefficient (Wildman–Crippen LogP) is 2.90. The van der Waals surface area contributed by atoms with Crippen LogP contribution in [-0.2, 0) is 9.53 Å². The first-order chi connectivity index (χ1) is 8.81. The van der Waals surface area contributed by atoms with E-state index in [2.05, 4.69) is 4.74 Å². The molecule has 8 heteroatoms. The lowest BCUT2D eigenvalue weighted by Crippen LogP contribution is -2.15. The Balaban J connectivity index is 3.47. The number of rotatable bonds is 3. The molecule has 0 aliphatic heterocycles. The number of carbonyl (C=O) groups is 1. The fraction of sp³-hybridized carbons (Fsp3) is 0.273. The van der Waals surface area contributed by atoms with Crippen molar-refractivity contribution < 1.29 is 31.5 Å². The molecular formula is C11H6F5NO2. The first-order valence-corrected chi connectivity index (χ1v) is 4.86. The van der Waals surface area contributed by atoms with Crippen LogP contribution in [0.1, 0.15) is 25.0 Å². The Labute approximate surface area is 104 Å². The summed E-state index contributed by atoms with van der Waals surface area (Å²) >= 11 is 0. The summed E-state index contributed by atoms with van der Waals surface area (Å²) in [6, 6.07) is 1.43. The van der Waals surface area contributed by atoms with Crippen LogP contribution in [-0.4, -0.2) is 5.97 Å². The second kappa shape index (κ2) is 5.65. The van der Waals surface area contributed by atoms with Crippen molar-refractivity contribution in [3.8, 4) is 6.07 Å². The van der Waals surface area contributed by atoms with Gasteiger partial charge in [0.1, 0.15) is 6.10 Å². The number of nitriles is 1. The smallest absolute Gasteiger partial charge is 0.303 e. The number of carbonyl (C=O) groups excluding carboxylic acids is 1. The fourth-order valence-corrected chi connectivity index (χ4v) is 1.39. The maximum Gasteiger partial charge on any atom is 0.303 e. The minimum absolute atomic E-state index is 0.752. The first kappa shape index (κ1) is 14.9. The van der Waals surface area contributed by atoms with Crippen LogP contribution in [0.15, 0.2) is 0 Å². The van der Waals surface area contributed by atoms with E-state index >= 15 is 0 Å². The summed E-state index contributed by atoms with van der Waals surface area (Å²) in [5, 5.41) is 8.44. The molecule has 3 nitrogen and oxygen atoms in total. The molecule has 0 amide bonds. The highest BCUT2D eigenvalue weighted by atomic mass is 19.2. The van der Waals surface area contributed by atoms with Gasteiger partial charge in [0.15, 0.2) is 23.3 Å². The Hall–Kier alpha value is -2.17. The summed E-state index contributed by atoms with van der Waals surface area (Å²) in [7, 11) is 0. The van der Waals surface area contributed by atoms with Gasteiger partial charge in [-0.3, -0.25) is 4.79 Å². The Bertz CT molecular complexity index is 538. The number of esters is 1. The van der Waals surface area contributed by atoms with E-state index in [0.717, 1.165) is 6.92 Å². The molecule has 102 valence electrons. The molecule has 19 heavy (non-hydrogen) atoms. The van der Waals surface area contributed by atoms with Crippen LogP contribution in [0.25, 0.3) is 0 Å². The van der Waals surface area contributed by atoms with Crippen molar-refractivity contribution in [3.63, 3.8) is 0 Å². The second-order valence-corrected chi connectivity index (χ2v) is 3.44. The van der Waals surface area contributed by atoms with Gasteiger partial charge >= 0.3 is 5.97 Å². The third-order valence-electron chi connectivity index (χ3n) is 2.15. The van der Waals surface area contributed by atoms with Crippen LogP contribution in [0.3, 0.4) is 0 Å². The van der Waals surface area contributed by atoms with Gasteiger partial charge in [-0.25, -0.2) is 22.0 Å². The largest absolute Gasteiger partial charge is 0.456 e. The SMILES string of the molecule is CC(=O)O[C@H](CC#N)c1c(F)c(F)c(F)c(F)c1F. The van der Waals surface area contributed by atoms with Gasteiger partial charge in [-0.15, -0.1) is 0 Å². The van der Waals surface area contributed by atoms with E-state index in [1.165, 1.54) is 6.07 Å². The minimum atomic E-state index is -2.32. The van der Waals surface area contributed by atoms with Crippen molar-refractivity contribution in [1.29, 1.82) is 5.26 Å². The van der Waals surface area contributed by atoms with Gasteiger partial charge in [-0.1, -0.05) is 0 Å². The molecule has 0 unspecified atom stereocenters. The number of benzene rings is 1. The van der Waals surface area contributed by atoms with Crippen molar-refractivity contribution in [1.82, 2.24) is 0 Å². The number of ether oxygens (including phenoxy) is 1. The van der Waals surface area contributed by atoms with E-state index < -0.39 is 53.1 Å². The molecule has 0 N–H and O–H groups in total. The van der Waals surface area contributed by atoms with E-state index in [1.807, 2.05) is 0 Å². The lowest BCUT2D eigenvalue weighted by atomic mass is 10.0. The molecule has 0 aliphatic rings. The molecule has 0 spiro atoms. The summed E-state index contributed by atoms with van der Waals surface area (Å²) < 4.78 is 69.9. The summed E-state index contributed by atoms with van der Waals surface area (Å²) in [5.74, 6) is -11.9. The summed E-state index contributed by atoms with van der Waals surface area (Å²) in [4.78, 5) is 10.7. The number of hydrogen-bond acceptors (Lipinski definition) is 3. The Morgan fingerprint density at radius 3 is 1.89 bits per heavy atom. The molecule has 0 saturated heterocycles. The van der Waals surface area contributed by atoms with Crippen LogP contribution < -0.4 is 0 Å². The second-order valence-electron chi connectivity index (χ2n) is 3.44. The summed E-state index contributed by atoms with van der Waals surface area (Å²) in [5.41, 5.74) is -1.34. The van der Waals surface area contributed by atoms with E-state index in [0.29, 0.717) is 0 Å².